The molecule has 0 aliphatic carbocycles. The molecule has 0 amide bonds. The molecule has 0 atom stereocenters. The van der Waals surface area contributed by atoms with E-state index in [4.69, 9.17) is 5.26 Å². The molecule has 0 aromatic carbocycles. The van der Waals surface area contributed by atoms with Gasteiger partial charge in [0.2, 0.25) is 0 Å². The van der Waals surface area contributed by atoms with Crippen LogP contribution in [0.25, 0.3) is 0 Å². The van der Waals surface area contributed by atoms with E-state index >= 15 is 0 Å². The number of nitrogens with zero attached hydrogens (tertiary/aromatic N) is 2. The van der Waals surface area contributed by atoms with Crippen molar-refractivity contribution in [2.24, 2.45) is 5.41 Å². The first kappa shape index (κ1) is 9.54. The Morgan fingerprint density at radius 2 is 1.83 bits per heavy atom. The normalized spacial score (nSPS) is 23.9. The Bertz CT molecular complexity index is 183. The van der Waals surface area contributed by atoms with Crippen molar-refractivity contribution in [2.45, 2.75) is 39.7 Å². The zero-order valence-electron chi connectivity index (χ0n) is 8.30. The fourth-order valence-electron chi connectivity index (χ4n) is 1.65. The van der Waals surface area contributed by atoms with Crippen molar-refractivity contribution in [3.8, 4) is 6.07 Å². The standard InChI is InChI=1S/C10H18N2/c1-9(2)12-6-4-10(3,8-11)5-7-12/h9H,4-7H2,1-3H3. The van der Waals surface area contributed by atoms with Crippen molar-refractivity contribution in [3.63, 3.8) is 0 Å². The summed E-state index contributed by atoms with van der Waals surface area (Å²) in [7, 11) is 0. The van der Waals surface area contributed by atoms with Gasteiger partial charge in [0.05, 0.1) is 11.5 Å². The molecule has 1 aliphatic heterocycles. The van der Waals surface area contributed by atoms with Crippen molar-refractivity contribution in [1.29, 1.82) is 5.26 Å². The van der Waals surface area contributed by atoms with Crippen LogP contribution in [0.5, 0.6) is 0 Å². The van der Waals surface area contributed by atoms with Gasteiger partial charge >= 0.3 is 0 Å². The molecule has 68 valence electrons. The number of piperidine rings is 1. The maximum absolute atomic E-state index is 8.91. The average Bonchev–Trinajstić information content (AvgIpc) is 2.05. The van der Waals surface area contributed by atoms with Crippen LogP contribution in [0.4, 0.5) is 0 Å². The summed E-state index contributed by atoms with van der Waals surface area (Å²) < 4.78 is 0. The molecule has 0 radical (unpaired) electrons. The topological polar surface area (TPSA) is 27.0 Å². The van der Waals surface area contributed by atoms with Crippen molar-refractivity contribution < 1.29 is 0 Å². The van der Waals surface area contributed by atoms with Crippen molar-refractivity contribution in [2.75, 3.05) is 13.1 Å². The van der Waals surface area contributed by atoms with Gasteiger partial charge in [-0.1, -0.05) is 0 Å². The molecule has 1 aliphatic rings. The second kappa shape index (κ2) is 3.45. The molecule has 1 saturated heterocycles. The van der Waals surface area contributed by atoms with Gasteiger partial charge in [-0.3, -0.25) is 0 Å². The molecule has 0 unspecified atom stereocenters. The molecule has 2 heteroatoms. The lowest BCUT2D eigenvalue weighted by Crippen LogP contribution is -2.41. The molecule has 1 rings (SSSR count). The minimum absolute atomic E-state index is 0.0502. The first-order valence-electron chi connectivity index (χ1n) is 4.73. The summed E-state index contributed by atoms with van der Waals surface area (Å²) in [5, 5.41) is 8.91. The van der Waals surface area contributed by atoms with Gasteiger partial charge in [0.1, 0.15) is 0 Å². The zero-order chi connectivity index (χ0) is 9.19. The molecule has 0 aromatic rings. The van der Waals surface area contributed by atoms with Crippen molar-refractivity contribution in [1.82, 2.24) is 4.90 Å². The van der Waals surface area contributed by atoms with Gasteiger partial charge in [0, 0.05) is 6.04 Å². The molecule has 0 aromatic heterocycles. The maximum atomic E-state index is 8.91. The van der Waals surface area contributed by atoms with Gasteiger partial charge in [-0.05, 0) is 46.7 Å². The summed E-state index contributed by atoms with van der Waals surface area (Å²) in [5.41, 5.74) is -0.0502. The smallest absolute Gasteiger partial charge is 0.0687 e. The average molecular weight is 166 g/mol. The molecule has 1 fully saturated rings. The lowest BCUT2D eigenvalue weighted by atomic mass is 9.82. The number of nitriles is 1. The number of hydrogen-bond donors (Lipinski definition) is 0. The Labute approximate surface area is 75.2 Å². The largest absolute Gasteiger partial charge is 0.301 e. The van der Waals surface area contributed by atoms with E-state index in [1.54, 1.807) is 0 Å². The number of likely N-dealkylation sites (tertiary alicyclic amines) is 1. The quantitative estimate of drug-likeness (QED) is 0.596. The highest BCUT2D eigenvalue weighted by molar-refractivity contribution is 4.98. The number of rotatable bonds is 1. The third-order valence-corrected chi connectivity index (χ3v) is 2.90. The molecule has 0 saturated carbocycles. The molecule has 0 bridgehead atoms. The summed E-state index contributed by atoms with van der Waals surface area (Å²) in [5.74, 6) is 0. The van der Waals surface area contributed by atoms with Crippen LogP contribution in [0, 0.1) is 16.7 Å². The van der Waals surface area contributed by atoms with Gasteiger partial charge in [-0.2, -0.15) is 5.26 Å². The minimum atomic E-state index is -0.0502. The second-order valence-corrected chi connectivity index (χ2v) is 4.30. The van der Waals surface area contributed by atoms with E-state index < -0.39 is 0 Å². The Morgan fingerprint density at radius 3 is 2.17 bits per heavy atom. The Balaban J connectivity index is 2.46. The summed E-state index contributed by atoms with van der Waals surface area (Å²) in [4.78, 5) is 2.44. The highest BCUT2D eigenvalue weighted by Crippen LogP contribution is 2.30. The Hall–Kier alpha value is -0.550. The summed E-state index contributed by atoms with van der Waals surface area (Å²) in [6.07, 6.45) is 2.06. The minimum Gasteiger partial charge on any atom is -0.301 e. The van der Waals surface area contributed by atoms with Crippen LogP contribution >= 0.6 is 0 Å². The molecule has 0 N–H and O–H groups in total. The maximum Gasteiger partial charge on any atom is 0.0687 e. The van der Waals surface area contributed by atoms with Crippen molar-refractivity contribution in [3.05, 3.63) is 0 Å². The lowest BCUT2D eigenvalue weighted by molar-refractivity contribution is 0.127. The van der Waals surface area contributed by atoms with Crippen molar-refractivity contribution >= 4 is 0 Å². The Kier molecular flexibility index (Phi) is 2.74. The number of hydrogen-bond acceptors (Lipinski definition) is 2. The van der Waals surface area contributed by atoms with Gasteiger partial charge in [0.25, 0.3) is 0 Å². The SMILES string of the molecule is CC(C)N1CCC(C)(C#N)CC1. The highest BCUT2D eigenvalue weighted by atomic mass is 15.1. The van der Waals surface area contributed by atoms with Crippen LogP contribution in [0.3, 0.4) is 0 Å². The van der Waals surface area contributed by atoms with E-state index in [0.717, 1.165) is 25.9 Å². The molecular formula is C10H18N2. The fourth-order valence-corrected chi connectivity index (χ4v) is 1.65. The first-order valence-corrected chi connectivity index (χ1v) is 4.73. The predicted octanol–water partition coefficient (Wildman–Crippen LogP) is 2.02. The Morgan fingerprint density at radius 1 is 1.33 bits per heavy atom. The van der Waals surface area contributed by atoms with E-state index in [-0.39, 0.29) is 5.41 Å². The molecule has 1 heterocycles. The lowest BCUT2D eigenvalue weighted by Gasteiger charge is -2.37. The molecular weight excluding hydrogens is 148 g/mol. The van der Waals surface area contributed by atoms with Crippen LogP contribution in [-0.4, -0.2) is 24.0 Å². The second-order valence-electron chi connectivity index (χ2n) is 4.30. The molecule has 12 heavy (non-hydrogen) atoms. The first-order chi connectivity index (χ1) is 5.57. The van der Waals surface area contributed by atoms with E-state index in [1.165, 1.54) is 0 Å². The summed E-state index contributed by atoms with van der Waals surface area (Å²) in [6, 6.07) is 3.05. The summed E-state index contributed by atoms with van der Waals surface area (Å²) in [6.45, 7) is 8.68. The van der Waals surface area contributed by atoms with Gasteiger partial charge in [-0.25, -0.2) is 0 Å². The molecule has 0 spiro atoms. The predicted molar refractivity (Wildman–Crippen MR) is 49.7 cm³/mol. The fraction of sp³-hybridized carbons (Fsp3) is 0.900. The van der Waals surface area contributed by atoms with Crippen LogP contribution in [0.15, 0.2) is 0 Å². The highest BCUT2D eigenvalue weighted by Gasteiger charge is 2.30. The third-order valence-electron chi connectivity index (χ3n) is 2.90. The summed E-state index contributed by atoms with van der Waals surface area (Å²) >= 11 is 0. The third kappa shape index (κ3) is 1.98. The van der Waals surface area contributed by atoms with Crippen LogP contribution in [0.2, 0.25) is 0 Å². The van der Waals surface area contributed by atoms with Crippen LogP contribution < -0.4 is 0 Å². The van der Waals surface area contributed by atoms with E-state index in [1.807, 2.05) is 0 Å². The zero-order valence-corrected chi connectivity index (χ0v) is 8.30. The van der Waals surface area contributed by atoms with Gasteiger partial charge < -0.3 is 4.90 Å². The molecule has 2 nitrogen and oxygen atoms in total. The van der Waals surface area contributed by atoms with Crippen LogP contribution in [-0.2, 0) is 0 Å². The monoisotopic (exact) mass is 166 g/mol. The van der Waals surface area contributed by atoms with E-state index in [0.29, 0.717) is 6.04 Å². The van der Waals surface area contributed by atoms with E-state index in [2.05, 4.69) is 31.7 Å². The van der Waals surface area contributed by atoms with Gasteiger partial charge in [0.15, 0.2) is 0 Å². The van der Waals surface area contributed by atoms with Gasteiger partial charge in [-0.15, -0.1) is 0 Å². The van der Waals surface area contributed by atoms with Crippen LogP contribution in [0.1, 0.15) is 33.6 Å². The van der Waals surface area contributed by atoms with E-state index in [9.17, 15) is 0 Å².